The Kier molecular flexibility index (Phi) is 4.65. The van der Waals surface area contributed by atoms with Crippen molar-refractivity contribution in [3.63, 3.8) is 0 Å². The van der Waals surface area contributed by atoms with E-state index in [1.54, 1.807) is 6.07 Å². The molecule has 7 heteroatoms. The van der Waals surface area contributed by atoms with E-state index in [4.69, 9.17) is 0 Å². The summed E-state index contributed by atoms with van der Waals surface area (Å²) in [6.07, 6.45) is 4.88. The lowest BCUT2D eigenvalue weighted by Crippen LogP contribution is -2.31. The van der Waals surface area contributed by atoms with Gasteiger partial charge in [0.1, 0.15) is 4.83 Å². The van der Waals surface area contributed by atoms with Gasteiger partial charge in [-0.05, 0) is 24.4 Å². The van der Waals surface area contributed by atoms with Gasteiger partial charge in [-0.1, -0.05) is 11.6 Å². The van der Waals surface area contributed by atoms with E-state index in [1.807, 2.05) is 5.38 Å². The Bertz CT molecular complexity index is 762. The minimum absolute atomic E-state index is 0.0447. The van der Waals surface area contributed by atoms with Gasteiger partial charge in [0.2, 0.25) is 5.91 Å². The fourth-order valence-corrected chi connectivity index (χ4v) is 3.13. The summed E-state index contributed by atoms with van der Waals surface area (Å²) in [4.78, 5) is 29.1. The van der Waals surface area contributed by atoms with Crippen LogP contribution in [0.25, 0.3) is 10.2 Å². The first-order chi connectivity index (χ1) is 10.7. The molecule has 2 N–H and O–H groups in total. The third-order valence-electron chi connectivity index (χ3n) is 3.70. The number of amides is 1. The Hall–Kier alpha value is -1.99. The Labute approximate surface area is 131 Å². The second-order valence-electron chi connectivity index (χ2n) is 5.23. The molecule has 22 heavy (non-hydrogen) atoms. The molecule has 116 valence electrons. The van der Waals surface area contributed by atoms with Crippen molar-refractivity contribution in [2.75, 3.05) is 19.6 Å². The van der Waals surface area contributed by atoms with E-state index < -0.39 is 0 Å². The number of nitrogens with one attached hydrogen (secondary N) is 2. The van der Waals surface area contributed by atoms with Gasteiger partial charge in [0, 0.05) is 26.1 Å². The second-order valence-corrected chi connectivity index (χ2v) is 6.12. The molecule has 6 nitrogen and oxygen atoms in total. The quantitative estimate of drug-likeness (QED) is 0.803. The lowest BCUT2D eigenvalue weighted by molar-refractivity contribution is -0.121. The van der Waals surface area contributed by atoms with Crippen LogP contribution in [0.3, 0.4) is 0 Å². The van der Waals surface area contributed by atoms with Crippen LogP contribution in [-0.4, -0.2) is 35.1 Å². The Morgan fingerprint density at radius 2 is 2.41 bits per heavy atom. The molecule has 0 bridgehead atoms. The predicted molar refractivity (Wildman–Crippen MR) is 87.1 cm³/mol. The zero-order valence-electron chi connectivity index (χ0n) is 12.2. The zero-order chi connectivity index (χ0) is 15.4. The average molecular weight is 318 g/mol. The van der Waals surface area contributed by atoms with Crippen LogP contribution in [0.4, 0.5) is 0 Å². The minimum atomic E-state index is -0.0832. The summed E-state index contributed by atoms with van der Waals surface area (Å²) in [6, 6.07) is 1.77. The van der Waals surface area contributed by atoms with Crippen molar-refractivity contribution in [1.82, 2.24) is 20.2 Å². The number of aryl methyl sites for hydroxylation is 1. The summed E-state index contributed by atoms with van der Waals surface area (Å²) in [5.41, 5.74) is 1.17. The number of hydrogen-bond donors (Lipinski definition) is 2. The number of nitrogens with zero attached hydrogens (tertiary/aromatic N) is 2. The molecular weight excluding hydrogens is 300 g/mol. The molecule has 3 rings (SSSR count). The molecule has 0 atom stereocenters. The fraction of sp³-hybridized carbons (Fsp3) is 0.400. The number of rotatable bonds is 5. The van der Waals surface area contributed by atoms with Gasteiger partial charge in [0.05, 0.1) is 11.7 Å². The lowest BCUT2D eigenvalue weighted by Gasteiger charge is -2.14. The monoisotopic (exact) mass is 318 g/mol. The van der Waals surface area contributed by atoms with Crippen LogP contribution in [-0.2, 0) is 11.3 Å². The maximum atomic E-state index is 12.2. The summed E-state index contributed by atoms with van der Waals surface area (Å²) in [5.74, 6) is -0.0447. The standard InChI is InChI=1S/C15H18N4O2S/c20-13(17-9-11-1-5-16-6-2-11)3-7-19-10-18-14-12(15(19)21)4-8-22-14/h1,4,8,10,16H,2-3,5-7,9H2,(H,17,20). The molecule has 2 aromatic heterocycles. The molecule has 0 aromatic carbocycles. The van der Waals surface area contributed by atoms with Crippen molar-refractivity contribution in [3.05, 3.63) is 39.8 Å². The molecule has 0 spiro atoms. The number of hydrogen-bond acceptors (Lipinski definition) is 5. The third kappa shape index (κ3) is 3.42. The smallest absolute Gasteiger partial charge is 0.262 e. The summed E-state index contributed by atoms with van der Waals surface area (Å²) >= 11 is 1.44. The van der Waals surface area contributed by atoms with Gasteiger partial charge >= 0.3 is 0 Å². The molecule has 0 saturated carbocycles. The van der Waals surface area contributed by atoms with Gasteiger partial charge in [-0.2, -0.15) is 0 Å². The van der Waals surface area contributed by atoms with E-state index in [9.17, 15) is 9.59 Å². The lowest BCUT2D eigenvalue weighted by atomic mass is 10.1. The van der Waals surface area contributed by atoms with Gasteiger partial charge in [0.25, 0.3) is 5.56 Å². The van der Waals surface area contributed by atoms with Crippen LogP contribution in [0, 0.1) is 0 Å². The highest BCUT2D eigenvalue weighted by atomic mass is 32.1. The maximum absolute atomic E-state index is 12.2. The van der Waals surface area contributed by atoms with Gasteiger partial charge in [-0.3, -0.25) is 14.2 Å². The van der Waals surface area contributed by atoms with E-state index in [1.165, 1.54) is 27.8 Å². The van der Waals surface area contributed by atoms with Crippen LogP contribution >= 0.6 is 11.3 Å². The summed E-state index contributed by atoms with van der Waals surface area (Å²) in [7, 11) is 0. The molecule has 3 heterocycles. The molecular formula is C15H18N4O2S. The number of aromatic nitrogens is 2. The molecule has 0 unspecified atom stereocenters. The van der Waals surface area contributed by atoms with Crippen molar-refractivity contribution in [2.45, 2.75) is 19.4 Å². The summed E-state index contributed by atoms with van der Waals surface area (Å²) in [6.45, 7) is 2.78. The Morgan fingerprint density at radius 3 is 3.23 bits per heavy atom. The van der Waals surface area contributed by atoms with Crippen molar-refractivity contribution >= 4 is 27.5 Å². The van der Waals surface area contributed by atoms with Crippen molar-refractivity contribution in [1.29, 1.82) is 0 Å². The van der Waals surface area contributed by atoms with Crippen LogP contribution in [0.2, 0.25) is 0 Å². The fourth-order valence-electron chi connectivity index (χ4n) is 2.41. The van der Waals surface area contributed by atoms with Crippen LogP contribution in [0.5, 0.6) is 0 Å². The van der Waals surface area contributed by atoms with E-state index in [-0.39, 0.29) is 17.9 Å². The first-order valence-corrected chi connectivity index (χ1v) is 8.20. The van der Waals surface area contributed by atoms with Gasteiger partial charge in [-0.25, -0.2) is 4.98 Å². The number of carbonyl (C=O) groups excluding carboxylic acids is 1. The predicted octanol–water partition coefficient (Wildman–Crippen LogP) is 0.884. The third-order valence-corrected chi connectivity index (χ3v) is 4.52. The highest BCUT2D eigenvalue weighted by molar-refractivity contribution is 7.16. The van der Waals surface area contributed by atoms with Gasteiger partial charge in [0.15, 0.2) is 0 Å². The second kappa shape index (κ2) is 6.85. The average Bonchev–Trinajstić information content (AvgIpc) is 3.03. The normalized spacial score (nSPS) is 14.8. The minimum Gasteiger partial charge on any atom is -0.352 e. The molecule has 1 amide bonds. The van der Waals surface area contributed by atoms with Crippen molar-refractivity contribution < 1.29 is 4.79 Å². The number of thiophene rings is 1. The first kappa shape index (κ1) is 14.9. The van der Waals surface area contributed by atoms with E-state index in [0.29, 0.717) is 18.5 Å². The molecule has 1 aliphatic rings. The summed E-state index contributed by atoms with van der Waals surface area (Å²) < 4.78 is 1.50. The Balaban J connectivity index is 1.54. The molecule has 0 saturated heterocycles. The van der Waals surface area contributed by atoms with Gasteiger partial charge in [-0.15, -0.1) is 11.3 Å². The number of fused-ring (bicyclic) bond motifs is 1. The highest BCUT2D eigenvalue weighted by Crippen LogP contribution is 2.13. The van der Waals surface area contributed by atoms with E-state index in [2.05, 4.69) is 21.7 Å². The van der Waals surface area contributed by atoms with Crippen LogP contribution < -0.4 is 16.2 Å². The SMILES string of the molecule is O=C(CCn1cnc2sccc2c1=O)NCC1=CCNCC1. The van der Waals surface area contributed by atoms with Gasteiger partial charge < -0.3 is 10.6 Å². The van der Waals surface area contributed by atoms with E-state index >= 15 is 0 Å². The molecule has 0 radical (unpaired) electrons. The van der Waals surface area contributed by atoms with Crippen molar-refractivity contribution in [3.8, 4) is 0 Å². The molecule has 1 aliphatic heterocycles. The Morgan fingerprint density at radius 1 is 1.50 bits per heavy atom. The van der Waals surface area contributed by atoms with Crippen molar-refractivity contribution in [2.24, 2.45) is 0 Å². The summed E-state index contributed by atoms with van der Waals surface area (Å²) in [5, 5.41) is 8.61. The molecule has 2 aromatic rings. The van der Waals surface area contributed by atoms with Crippen LogP contribution in [0.1, 0.15) is 12.8 Å². The maximum Gasteiger partial charge on any atom is 0.262 e. The largest absolute Gasteiger partial charge is 0.352 e. The molecule has 0 aliphatic carbocycles. The number of carbonyl (C=O) groups is 1. The van der Waals surface area contributed by atoms with E-state index in [0.717, 1.165) is 24.3 Å². The highest BCUT2D eigenvalue weighted by Gasteiger charge is 2.08. The zero-order valence-corrected chi connectivity index (χ0v) is 13.0. The topological polar surface area (TPSA) is 76.0 Å². The molecule has 0 fully saturated rings. The van der Waals surface area contributed by atoms with Crippen LogP contribution in [0.15, 0.2) is 34.2 Å². The first-order valence-electron chi connectivity index (χ1n) is 7.32.